The Morgan fingerprint density at radius 3 is 2.45 bits per heavy atom. The zero-order valence-electron chi connectivity index (χ0n) is 17.3. The van der Waals surface area contributed by atoms with Crippen molar-refractivity contribution in [2.75, 3.05) is 44.3 Å². The summed E-state index contributed by atoms with van der Waals surface area (Å²) in [7, 11) is 0. The average Bonchev–Trinajstić information content (AvgIpc) is 2.80. The Hall–Kier alpha value is -2.02. The Balaban J connectivity index is 0.00000231. The van der Waals surface area contributed by atoms with Gasteiger partial charge in [-0.1, -0.05) is 18.2 Å². The quantitative estimate of drug-likeness (QED) is 0.549. The fourth-order valence-corrected chi connectivity index (χ4v) is 4.09. The van der Waals surface area contributed by atoms with Crippen LogP contribution in [0.3, 0.4) is 0 Å². The molecule has 3 aromatic rings. The Morgan fingerprint density at radius 1 is 0.871 bits per heavy atom. The first-order chi connectivity index (χ1) is 14.8. The van der Waals surface area contributed by atoms with E-state index in [2.05, 4.69) is 26.9 Å². The minimum Gasteiger partial charge on any atom is -0.486 e. The summed E-state index contributed by atoms with van der Waals surface area (Å²) in [6, 6.07) is 14.8. The molecule has 5 rings (SSSR count). The largest absolute Gasteiger partial charge is 0.486 e. The van der Waals surface area contributed by atoms with Crippen LogP contribution in [0.4, 0.5) is 10.1 Å². The van der Waals surface area contributed by atoms with E-state index in [4.69, 9.17) is 9.47 Å². The van der Waals surface area contributed by atoms with Crippen LogP contribution >= 0.6 is 0 Å². The van der Waals surface area contributed by atoms with Crippen LogP contribution in [-0.4, -0.2) is 49.3 Å². The molecule has 0 N–H and O–H groups in total. The molecule has 0 saturated carbocycles. The van der Waals surface area contributed by atoms with E-state index in [0.29, 0.717) is 13.2 Å². The molecule has 3 heterocycles. The normalized spacial score (nSPS) is 16.0. The molecule has 2 aliphatic rings. The Labute approximate surface area is 207 Å². The third-order valence-corrected chi connectivity index (χ3v) is 5.64. The van der Waals surface area contributed by atoms with Crippen LogP contribution in [0.25, 0.3) is 11.1 Å². The number of pyridine rings is 1. The number of aromatic nitrogens is 1. The first-order valence-corrected chi connectivity index (χ1v) is 10.3. The molecule has 2 aliphatic heterocycles. The van der Waals surface area contributed by atoms with Crippen LogP contribution in [0.1, 0.15) is 5.56 Å². The van der Waals surface area contributed by atoms with Crippen molar-refractivity contribution in [3.63, 3.8) is 0 Å². The van der Waals surface area contributed by atoms with E-state index in [9.17, 15) is 4.39 Å². The van der Waals surface area contributed by atoms with E-state index in [-0.39, 0.29) is 38.5 Å². The maximum absolute atomic E-state index is 13.2. The molecule has 1 fully saturated rings. The van der Waals surface area contributed by atoms with Crippen LogP contribution in [0.15, 0.2) is 60.9 Å². The number of fused-ring (bicyclic) bond motifs is 1. The van der Waals surface area contributed by atoms with Gasteiger partial charge in [0.1, 0.15) is 19.0 Å². The maximum atomic E-state index is 13.2. The van der Waals surface area contributed by atoms with Gasteiger partial charge >= 0.3 is 0 Å². The van der Waals surface area contributed by atoms with Gasteiger partial charge in [-0.15, -0.1) is 0 Å². The van der Waals surface area contributed by atoms with Gasteiger partial charge in [0, 0.05) is 83.4 Å². The number of anilines is 1. The number of hydrogen-bond donors (Lipinski definition) is 0. The molecular formula is C24H24FN3O2Y. The summed E-state index contributed by atoms with van der Waals surface area (Å²) in [6.07, 6.45) is 3.74. The van der Waals surface area contributed by atoms with Crippen LogP contribution in [0.5, 0.6) is 11.5 Å². The molecule has 0 atom stereocenters. The van der Waals surface area contributed by atoms with Crippen molar-refractivity contribution < 1.29 is 46.6 Å². The SMILES string of the molecule is Fc1ccc(-c2cncc(CN3CCN(c4cccc5c4OCCO5)CC3)c2)cc1.[Y]. The first kappa shape index (κ1) is 22.2. The minimum atomic E-state index is -0.225. The van der Waals surface area contributed by atoms with Gasteiger partial charge in [-0.25, -0.2) is 4.39 Å². The van der Waals surface area contributed by atoms with E-state index in [1.54, 1.807) is 12.1 Å². The van der Waals surface area contributed by atoms with E-state index >= 15 is 0 Å². The molecule has 5 nitrogen and oxygen atoms in total. The molecule has 1 aromatic heterocycles. The number of benzene rings is 2. The van der Waals surface area contributed by atoms with Gasteiger partial charge < -0.3 is 14.4 Å². The Bertz CT molecular complexity index is 1020. The number of ether oxygens (including phenoxy) is 2. The molecule has 7 heteroatoms. The molecule has 31 heavy (non-hydrogen) atoms. The predicted molar refractivity (Wildman–Crippen MR) is 115 cm³/mol. The van der Waals surface area contributed by atoms with Crippen molar-refractivity contribution in [1.82, 2.24) is 9.88 Å². The fourth-order valence-electron chi connectivity index (χ4n) is 4.09. The maximum Gasteiger partial charge on any atom is 0.184 e. The summed E-state index contributed by atoms with van der Waals surface area (Å²) >= 11 is 0. The van der Waals surface area contributed by atoms with Crippen LogP contribution < -0.4 is 14.4 Å². The number of halogens is 1. The van der Waals surface area contributed by atoms with Gasteiger partial charge in [-0.3, -0.25) is 9.88 Å². The molecule has 2 aromatic carbocycles. The van der Waals surface area contributed by atoms with Crippen molar-refractivity contribution in [3.8, 4) is 22.6 Å². The van der Waals surface area contributed by atoms with E-state index in [1.807, 2.05) is 24.5 Å². The zero-order chi connectivity index (χ0) is 20.3. The summed E-state index contributed by atoms with van der Waals surface area (Å²) in [5.74, 6) is 1.48. The van der Waals surface area contributed by atoms with Gasteiger partial charge in [0.15, 0.2) is 11.5 Å². The van der Waals surface area contributed by atoms with Crippen LogP contribution in [0.2, 0.25) is 0 Å². The topological polar surface area (TPSA) is 37.8 Å². The third kappa shape index (κ3) is 5.08. The van der Waals surface area contributed by atoms with Gasteiger partial charge in [-0.05, 0) is 41.5 Å². The van der Waals surface area contributed by atoms with Gasteiger partial charge in [-0.2, -0.15) is 0 Å². The standard InChI is InChI=1S/C24H24FN3O2.Y/c25-21-6-4-19(5-7-21)20-14-18(15-26-16-20)17-27-8-10-28(11-9-27)22-2-1-3-23-24(22)30-13-12-29-23;/h1-7,14-16H,8-13,17H2;. The molecule has 1 saturated heterocycles. The molecule has 0 bridgehead atoms. The zero-order valence-corrected chi connectivity index (χ0v) is 20.2. The number of hydrogen-bond acceptors (Lipinski definition) is 5. The molecular weight excluding hydrogens is 470 g/mol. The molecule has 0 aliphatic carbocycles. The molecule has 0 spiro atoms. The summed E-state index contributed by atoms with van der Waals surface area (Å²) in [6.45, 7) is 5.85. The second-order valence-corrected chi connectivity index (χ2v) is 7.65. The summed E-state index contributed by atoms with van der Waals surface area (Å²) in [5, 5.41) is 0. The number of nitrogens with zero attached hydrogens (tertiary/aromatic N) is 3. The van der Waals surface area contributed by atoms with Crippen molar-refractivity contribution in [3.05, 3.63) is 72.3 Å². The van der Waals surface area contributed by atoms with E-state index < -0.39 is 0 Å². The predicted octanol–water partition coefficient (Wildman–Crippen LogP) is 3.98. The van der Waals surface area contributed by atoms with Crippen molar-refractivity contribution in [2.24, 2.45) is 0 Å². The smallest absolute Gasteiger partial charge is 0.184 e. The number of para-hydroxylation sites is 1. The second kappa shape index (κ2) is 10.1. The van der Waals surface area contributed by atoms with Crippen molar-refractivity contribution in [1.29, 1.82) is 0 Å². The van der Waals surface area contributed by atoms with Gasteiger partial charge in [0.25, 0.3) is 0 Å². The molecule has 157 valence electrons. The van der Waals surface area contributed by atoms with E-state index in [0.717, 1.165) is 61.0 Å². The van der Waals surface area contributed by atoms with Gasteiger partial charge in [0.2, 0.25) is 0 Å². The summed E-state index contributed by atoms with van der Waals surface area (Å²) in [5.41, 5.74) is 4.27. The van der Waals surface area contributed by atoms with Crippen LogP contribution in [-0.2, 0) is 39.3 Å². The second-order valence-electron chi connectivity index (χ2n) is 7.65. The van der Waals surface area contributed by atoms with Crippen LogP contribution in [0, 0.1) is 5.82 Å². The van der Waals surface area contributed by atoms with Crippen molar-refractivity contribution >= 4 is 5.69 Å². The Kier molecular flexibility index (Phi) is 7.21. The molecule has 0 unspecified atom stereocenters. The fraction of sp³-hybridized carbons (Fsp3) is 0.292. The monoisotopic (exact) mass is 494 g/mol. The first-order valence-electron chi connectivity index (χ1n) is 10.3. The minimum absolute atomic E-state index is 0. The number of piperazine rings is 1. The third-order valence-electron chi connectivity index (χ3n) is 5.64. The Morgan fingerprint density at radius 2 is 1.65 bits per heavy atom. The van der Waals surface area contributed by atoms with Gasteiger partial charge in [0.05, 0.1) is 5.69 Å². The van der Waals surface area contributed by atoms with E-state index in [1.165, 1.54) is 17.7 Å². The number of rotatable bonds is 4. The summed E-state index contributed by atoms with van der Waals surface area (Å²) in [4.78, 5) is 9.21. The molecule has 0 amide bonds. The molecule has 1 radical (unpaired) electrons. The summed E-state index contributed by atoms with van der Waals surface area (Å²) < 4.78 is 24.8. The van der Waals surface area contributed by atoms with Crippen molar-refractivity contribution in [2.45, 2.75) is 6.54 Å². The average molecular weight is 494 g/mol.